The summed E-state index contributed by atoms with van der Waals surface area (Å²) in [5.74, 6) is -4.02. The normalized spacial score (nSPS) is 48.3. The molecule has 0 bridgehead atoms. The molecule has 0 spiro atoms. The number of carbonyl (C=O) groups is 2. The molecular formula is C39H111NO13. The van der Waals surface area contributed by atoms with E-state index in [1.807, 2.05) is 46.7 Å². The highest BCUT2D eigenvalue weighted by atomic mass is 16.7. The van der Waals surface area contributed by atoms with Gasteiger partial charge in [0.2, 0.25) is 0 Å². The minimum absolute atomic E-state index is 0. The first-order valence-electron chi connectivity index (χ1n) is 19.3. The number of ether oxygens (including phenoxy) is 8. The summed E-state index contributed by atoms with van der Waals surface area (Å²) in [5.41, 5.74) is -3.66. The van der Waals surface area contributed by atoms with E-state index in [9.17, 15) is 24.9 Å². The number of rotatable bonds is 9. The van der Waals surface area contributed by atoms with Gasteiger partial charge < -0.3 is 58.1 Å². The van der Waals surface area contributed by atoms with Gasteiger partial charge in [-0.25, -0.2) is 0 Å². The molecule has 53 heavy (non-hydrogen) atoms. The van der Waals surface area contributed by atoms with Crippen LogP contribution in [0, 0.1) is 23.7 Å². The second-order valence-electron chi connectivity index (χ2n) is 16.8. The Morgan fingerprint density at radius 3 is 1.96 bits per heavy atom. The fourth-order valence-electron chi connectivity index (χ4n) is 8.82. The largest absolute Gasteiger partial charge is 0.459 e. The van der Waals surface area contributed by atoms with Crippen LogP contribution in [0.2, 0.25) is 0 Å². The third-order valence-corrected chi connectivity index (χ3v) is 12.7. The molecule has 0 aliphatic carbocycles. The molecule has 3 rings (SSSR count). The minimum atomic E-state index is -1.42. The highest BCUT2D eigenvalue weighted by Gasteiger charge is 2.54. The molecule has 0 aromatic rings. The summed E-state index contributed by atoms with van der Waals surface area (Å²) in [6.45, 7) is 17.7. The number of aliphatic hydroxyl groups excluding tert-OH is 3. The molecule has 3 aliphatic rings. The third kappa shape index (κ3) is 9.64. The van der Waals surface area contributed by atoms with E-state index in [0.717, 1.165) is 0 Å². The average molecular weight is 802 g/mol. The van der Waals surface area contributed by atoms with E-state index < -0.39 is 102 Å². The van der Waals surface area contributed by atoms with Crippen LogP contribution in [0.25, 0.3) is 0 Å². The number of cyclic esters (lactones) is 1. The molecule has 350 valence electrons. The van der Waals surface area contributed by atoms with Gasteiger partial charge in [-0.15, -0.1) is 0 Å². The number of ketones is 1. The number of likely N-dealkylation sites (N-methyl/N-ethyl adjacent to an activating group) is 1. The minimum Gasteiger partial charge on any atom is -0.459 e. The van der Waals surface area contributed by atoms with E-state index in [-0.39, 0.29) is 59.3 Å². The van der Waals surface area contributed by atoms with Gasteiger partial charge in [-0.1, -0.05) is 27.7 Å². The lowest BCUT2D eigenvalue weighted by atomic mass is 9.73. The van der Waals surface area contributed by atoms with Gasteiger partial charge in [0.15, 0.2) is 12.6 Å². The van der Waals surface area contributed by atoms with Crippen molar-refractivity contribution in [3.05, 3.63) is 0 Å². The molecule has 0 amide bonds. The maximum Gasteiger partial charge on any atom is 0.311 e. The highest BCUT2D eigenvalue weighted by molar-refractivity contribution is 5.83. The Labute approximate surface area is 347 Å². The summed E-state index contributed by atoms with van der Waals surface area (Å²) in [6, 6.07) is -0.272. The molecule has 3 fully saturated rings. The lowest BCUT2D eigenvalue weighted by Crippen LogP contribution is -2.61. The molecule has 0 aromatic carbocycles. The van der Waals surface area contributed by atoms with Crippen molar-refractivity contribution in [1.82, 2.24) is 4.90 Å². The smallest absolute Gasteiger partial charge is 0.311 e. The number of nitrogens with zero attached hydrogens (tertiary/aromatic N) is 1. The van der Waals surface area contributed by atoms with Crippen LogP contribution < -0.4 is 0 Å². The maximum atomic E-state index is 14.3. The van der Waals surface area contributed by atoms with Crippen LogP contribution in [-0.2, 0) is 47.5 Å². The van der Waals surface area contributed by atoms with E-state index >= 15 is 0 Å². The van der Waals surface area contributed by atoms with Crippen molar-refractivity contribution in [2.24, 2.45) is 23.7 Å². The molecular weight excluding hydrogens is 690 g/mol. The van der Waals surface area contributed by atoms with Gasteiger partial charge in [-0.2, -0.15) is 0 Å². The molecule has 9 unspecified atom stereocenters. The lowest BCUT2D eigenvalue weighted by Gasteiger charge is -2.50. The number of hydrogen-bond donors (Lipinski definition) is 3. The molecule has 3 heterocycles. The highest BCUT2D eigenvalue weighted by Crippen LogP contribution is 2.42. The second kappa shape index (κ2) is 18.3. The van der Waals surface area contributed by atoms with E-state index in [2.05, 4.69) is 0 Å². The summed E-state index contributed by atoms with van der Waals surface area (Å²) < 4.78 is 50.2. The van der Waals surface area contributed by atoms with Crippen LogP contribution >= 0.6 is 0 Å². The third-order valence-electron chi connectivity index (χ3n) is 12.7. The predicted octanol–water partition coefficient (Wildman–Crippen LogP) is 8.01. The zero-order valence-electron chi connectivity index (χ0n) is 34.9. The van der Waals surface area contributed by atoms with Crippen LogP contribution in [0.4, 0.5) is 0 Å². The van der Waals surface area contributed by atoms with Crippen molar-refractivity contribution in [2.75, 3.05) is 35.4 Å². The van der Waals surface area contributed by atoms with E-state index in [0.29, 0.717) is 12.8 Å². The number of hydrogen-bond acceptors (Lipinski definition) is 14. The SMILES string of the molecule is CC[C@H]1OC(=O)[C@H](C)[C@@H](OC2CC(C)(OC)C(O)C(C)O2)C(C)[C@@H](OC2OC(C)CC(N(C)C)C2O)[C@](C)(OC)C[C@@H](C)C(=O)[C@H](C)[C@@H](O)[C@]1(C)OC.[HH].[HH].[HH].[HH].[HH].[HH].[HH].[HH].[HH].[HH].[HH].[HH].[HH].[HH].[HH].[HH].[HH].[HH].[HH].[HH]. The molecule has 0 saturated carbocycles. The number of Topliss-reactive ketones (excluding diaryl/α,β-unsaturated/α-hetero) is 1. The van der Waals surface area contributed by atoms with Crippen LogP contribution in [0.3, 0.4) is 0 Å². The molecule has 14 nitrogen and oxygen atoms in total. The first-order valence-corrected chi connectivity index (χ1v) is 19.3. The van der Waals surface area contributed by atoms with Crippen molar-refractivity contribution in [1.29, 1.82) is 0 Å². The van der Waals surface area contributed by atoms with Crippen molar-refractivity contribution < 1.29 is 91.3 Å². The number of aliphatic hydroxyl groups is 3. The Bertz CT molecular complexity index is 1270. The van der Waals surface area contributed by atoms with Gasteiger partial charge in [0, 0.05) is 80.1 Å². The number of carbonyl (C=O) groups excluding carboxylic acids is 2. The van der Waals surface area contributed by atoms with Crippen LogP contribution in [0.1, 0.15) is 123 Å². The number of esters is 1. The fraction of sp³-hybridized carbons (Fsp3) is 0.949. The monoisotopic (exact) mass is 802 g/mol. The summed E-state index contributed by atoms with van der Waals surface area (Å²) >= 11 is 0. The summed E-state index contributed by atoms with van der Waals surface area (Å²) in [4.78, 5) is 30.4. The van der Waals surface area contributed by atoms with E-state index in [4.69, 9.17) is 37.9 Å². The average Bonchev–Trinajstić information content (AvgIpc) is 3.12. The molecule has 3 N–H and O–H groups in total. The van der Waals surface area contributed by atoms with Crippen molar-refractivity contribution >= 4 is 11.8 Å². The standard InChI is InChI=1S/C39H71NO13.20H2/c1-16-27-39(10,48-15)32(43)22(4)29(41)20(2)18-38(9,47-14)34(53-36-30(42)26(40(11)12)17-21(3)49-36)23(5)31(24(6)35(45)51-27)52-28-19-37(8,46-13)33(44)25(7)50-28;;;;;;;;;;;;;;;;;;;;/h20-28,30-34,36,42-44H,16-19H2,1-15H3;20*1H/t20-,21?,22+,23?,24-,25?,26?,27-,28?,30?,31+,32-,33?,34-,36?,37?,38-,39-;;;;;;;;;;;;;;;;;;;;/m1..................../s1. The van der Waals surface area contributed by atoms with Crippen LogP contribution in [0.5, 0.6) is 0 Å². The first kappa shape index (κ1) is 46.1. The molecule has 0 radical (unpaired) electrons. The molecule has 3 saturated heterocycles. The van der Waals surface area contributed by atoms with Gasteiger partial charge in [0.05, 0.1) is 47.6 Å². The zero-order chi connectivity index (χ0) is 40.4. The summed E-state index contributed by atoms with van der Waals surface area (Å²) in [7, 11) is 8.26. The van der Waals surface area contributed by atoms with Gasteiger partial charge in [0.25, 0.3) is 0 Å². The molecule has 0 aromatic heterocycles. The Hall–Kier alpha value is -1.30. The Morgan fingerprint density at radius 2 is 1.43 bits per heavy atom. The van der Waals surface area contributed by atoms with Gasteiger partial charge >= 0.3 is 5.97 Å². The predicted molar refractivity (Wildman–Crippen MR) is 238 cm³/mol. The number of methoxy groups -OCH3 is 3. The topological polar surface area (TPSA) is 172 Å². The van der Waals surface area contributed by atoms with Crippen LogP contribution in [-0.4, -0.2) is 152 Å². The van der Waals surface area contributed by atoms with E-state index in [1.54, 1.807) is 41.5 Å². The second-order valence-corrected chi connectivity index (χ2v) is 16.8. The maximum absolute atomic E-state index is 14.3. The zero-order valence-corrected chi connectivity index (χ0v) is 34.9. The first-order chi connectivity index (χ1) is 24.5. The lowest BCUT2D eigenvalue weighted by molar-refractivity contribution is -0.319. The fourth-order valence-corrected chi connectivity index (χ4v) is 8.82. The summed E-state index contributed by atoms with van der Waals surface area (Å²) in [5, 5.41) is 34.3. The molecule has 14 heteroatoms. The molecule has 3 aliphatic heterocycles. The summed E-state index contributed by atoms with van der Waals surface area (Å²) in [6.07, 6.45) is -7.89. The quantitative estimate of drug-likeness (QED) is 0.191. The van der Waals surface area contributed by atoms with Crippen LogP contribution in [0.15, 0.2) is 0 Å². The molecule has 18 atom stereocenters. The van der Waals surface area contributed by atoms with Crippen molar-refractivity contribution in [3.63, 3.8) is 0 Å². The van der Waals surface area contributed by atoms with Gasteiger partial charge in [0.1, 0.15) is 29.7 Å². The van der Waals surface area contributed by atoms with Gasteiger partial charge in [-0.3, -0.25) is 9.59 Å². The Balaban J connectivity index is -0.0000000945. The van der Waals surface area contributed by atoms with Crippen molar-refractivity contribution in [2.45, 2.75) is 179 Å². The Kier molecular flexibility index (Phi) is 15.9. The van der Waals surface area contributed by atoms with Crippen molar-refractivity contribution in [3.8, 4) is 0 Å². The van der Waals surface area contributed by atoms with Gasteiger partial charge in [-0.05, 0) is 74.9 Å². The Morgan fingerprint density at radius 1 is 0.830 bits per heavy atom. The van der Waals surface area contributed by atoms with E-state index in [1.165, 1.54) is 21.3 Å².